The average Bonchev–Trinajstić information content (AvgIpc) is 2.73. The Morgan fingerprint density at radius 2 is 1.33 bits per heavy atom. The Balaban J connectivity index is 2.62. The van der Waals surface area contributed by atoms with E-state index in [2.05, 4.69) is 6.92 Å². The Bertz CT molecular complexity index is 672. The molecule has 3 rings (SSSR count). The number of fused-ring (bicyclic) bond motifs is 2. The van der Waals surface area contributed by atoms with Crippen LogP contribution in [-0.4, -0.2) is 7.11 Å². The number of rotatable bonds is 2. The van der Waals surface area contributed by atoms with Crippen LogP contribution in [0.3, 0.4) is 0 Å². The molecule has 9 heteroatoms. The van der Waals surface area contributed by atoms with E-state index in [0.29, 0.717) is 0 Å². The van der Waals surface area contributed by atoms with Crippen molar-refractivity contribution in [2.75, 3.05) is 7.11 Å². The molecule has 0 atom stereocenters. The van der Waals surface area contributed by atoms with E-state index >= 15 is 0 Å². The fraction of sp³-hybridized carbons (Fsp3) is 0.333. The Labute approximate surface area is 132 Å². The Morgan fingerprint density at radius 1 is 0.778 bits per heavy atom. The predicted molar refractivity (Wildman–Crippen MR) is 95.7 cm³/mol. The zero-order valence-electron chi connectivity index (χ0n) is 9.38. The van der Waals surface area contributed by atoms with Crippen molar-refractivity contribution in [1.29, 1.82) is 0 Å². The summed E-state index contributed by atoms with van der Waals surface area (Å²) in [5, 5.41) is 0. The molecule has 0 radical (unpaired) electrons. The largest absolute Gasteiger partial charge is 0.494 e. The van der Waals surface area contributed by atoms with Crippen molar-refractivity contribution < 1.29 is 4.74 Å². The van der Waals surface area contributed by atoms with Gasteiger partial charge < -0.3 is 4.74 Å². The molecular weight excluding hydrogens is 381 g/mol. The lowest BCUT2D eigenvalue weighted by Gasteiger charge is -2.07. The van der Waals surface area contributed by atoms with Gasteiger partial charge >= 0.3 is 0 Å². The van der Waals surface area contributed by atoms with Crippen molar-refractivity contribution in [2.24, 2.45) is 0 Å². The summed E-state index contributed by atoms with van der Waals surface area (Å²) in [4.78, 5) is 0. The second-order valence-corrected chi connectivity index (χ2v) is 14.7. The summed E-state index contributed by atoms with van der Waals surface area (Å²) >= 11 is 0. The van der Waals surface area contributed by atoms with Crippen LogP contribution in [0.1, 0.15) is 12.5 Å². The quantitative estimate of drug-likeness (QED) is 0.418. The third-order valence-corrected chi connectivity index (χ3v) is 15.0. The number of methoxy groups -OCH3 is 1. The topological polar surface area (TPSA) is 9.23 Å². The van der Waals surface area contributed by atoms with Gasteiger partial charge in [-0.2, -0.15) is 0 Å². The molecule has 0 aliphatic rings. The summed E-state index contributed by atoms with van der Waals surface area (Å²) < 4.78 is 11.2. The predicted octanol–water partition coefficient (Wildman–Crippen LogP) is 7.30. The molecular formula is C9H8OS8. The first-order chi connectivity index (χ1) is 8.86. The molecule has 98 valence electrons. The summed E-state index contributed by atoms with van der Waals surface area (Å²) in [6.45, 7) is 2.25. The van der Waals surface area contributed by atoms with E-state index in [1.807, 2.05) is 78.7 Å². The smallest absolute Gasteiger partial charge is 0.157 e. The van der Waals surface area contributed by atoms with Crippen molar-refractivity contribution in [2.45, 2.75) is 13.3 Å². The maximum Gasteiger partial charge on any atom is 0.157 e. The third kappa shape index (κ3) is 2.28. The summed E-state index contributed by atoms with van der Waals surface area (Å²) in [6.07, 6.45) is 1.09. The zero-order valence-corrected chi connectivity index (χ0v) is 15.9. The molecule has 1 aromatic carbocycles. The van der Waals surface area contributed by atoms with Crippen LogP contribution in [0.25, 0.3) is 18.8 Å². The average molecular weight is 389 g/mol. The van der Waals surface area contributed by atoms with Crippen LogP contribution in [-0.2, 0) is 6.42 Å². The van der Waals surface area contributed by atoms with E-state index in [1.54, 1.807) is 7.11 Å². The van der Waals surface area contributed by atoms with Gasteiger partial charge in [0.1, 0.15) is 9.40 Å². The minimum absolute atomic E-state index is 1.08. The normalized spacial score (nSPS) is 11.0. The summed E-state index contributed by atoms with van der Waals surface area (Å²) in [6, 6.07) is 0. The molecule has 18 heavy (non-hydrogen) atoms. The van der Waals surface area contributed by atoms with E-state index in [-0.39, 0.29) is 0 Å². The molecule has 2 aromatic heterocycles. The van der Waals surface area contributed by atoms with E-state index in [0.717, 1.165) is 12.2 Å². The van der Waals surface area contributed by atoms with Gasteiger partial charge in [0.05, 0.1) is 16.5 Å². The highest BCUT2D eigenvalue weighted by Gasteiger charge is 2.16. The first-order valence-corrected chi connectivity index (χ1v) is 14.6. The highest BCUT2D eigenvalue weighted by atomic mass is 33.5. The molecule has 0 unspecified atom stereocenters. The van der Waals surface area contributed by atoms with Crippen LogP contribution in [0.4, 0.5) is 0 Å². The molecule has 2 heterocycles. The van der Waals surface area contributed by atoms with Gasteiger partial charge in [-0.3, -0.25) is 0 Å². The molecule has 0 aliphatic carbocycles. The highest BCUT2D eigenvalue weighted by molar-refractivity contribution is 8.15. The zero-order chi connectivity index (χ0) is 12.5. The molecule has 3 aromatic rings. The van der Waals surface area contributed by atoms with Gasteiger partial charge in [-0.15, -0.1) is 0 Å². The maximum atomic E-state index is 5.70. The Kier molecular flexibility index (Phi) is 4.62. The highest BCUT2D eigenvalue weighted by Crippen LogP contribution is 2.48. The van der Waals surface area contributed by atoms with E-state index in [4.69, 9.17) is 4.74 Å². The fourth-order valence-corrected chi connectivity index (χ4v) is 15.9. The third-order valence-electron chi connectivity index (χ3n) is 2.46. The van der Waals surface area contributed by atoms with Crippen LogP contribution >= 0.6 is 78.7 Å². The van der Waals surface area contributed by atoms with E-state index in [9.17, 15) is 0 Å². The maximum absolute atomic E-state index is 5.70. The van der Waals surface area contributed by atoms with Crippen molar-refractivity contribution in [1.82, 2.24) is 0 Å². The van der Waals surface area contributed by atoms with Crippen LogP contribution in [0.5, 0.6) is 5.75 Å². The monoisotopic (exact) mass is 388 g/mol. The SMILES string of the molecule is CCc1c2sssssc2c(OC)c2sssc12. The molecule has 0 aliphatic heterocycles. The number of hydrogen-bond acceptors (Lipinski definition) is 9. The lowest BCUT2D eigenvalue weighted by molar-refractivity contribution is 0.426. The van der Waals surface area contributed by atoms with Crippen molar-refractivity contribution >= 4 is 97.5 Å². The van der Waals surface area contributed by atoms with Gasteiger partial charge in [0.2, 0.25) is 0 Å². The lowest BCUT2D eigenvalue weighted by atomic mass is 10.1. The second kappa shape index (κ2) is 6.04. The minimum atomic E-state index is 1.08. The van der Waals surface area contributed by atoms with Gasteiger partial charge in [-0.25, -0.2) is 0 Å². The lowest BCUT2D eigenvalue weighted by Crippen LogP contribution is -1.87. The number of ether oxygens (including phenoxy) is 1. The number of aryl methyl sites for hydroxylation is 1. The van der Waals surface area contributed by atoms with Gasteiger partial charge in [0, 0.05) is 0 Å². The first-order valence-electron chi connectivity index (χ1n) is 4.99. The van der Waals surface area contributed by atoms with Gasteiger partial charge in [0.25, 0.3) is 0 Å². The summed E-state index contributed by atoms with van der Waals surface area (Å²) in [5.41, 5.74) is 1.50. The molecule has 0 bridgehead atoms. The second-order valence-electron chi connectivity index (χ2n) is 3.29. The first kappa shape index (κ1) is 13.7. The van der Waals surface area contributed by atoms with Gasteiger partial charge in [-0.1, -0.05) is 48.3 Å². The van der Waals surface area contributed by atoms with Crippen LogP contribution in [0.2, 0.25) is 0 Å². The Hall–Kier alpha value is 0.780. The molecule has 0 amide bonds. The molecule has 1 nitrogen and oxygen atoms in total. The number of benzene rings is 1. The molecule has 0 fully saturated rings. The van der Waals surface area contributed by atoms with Gasteiger partial charge in [0.15, 0.2) is 5.75 Å². The molecule has 0 N–H and O–H groups in total. The number of hydrogen-bond donors (Lipinski definition) is 0. The fourth-order valence-electron chi connectivity index (χ4n) is 1.71. The van der Waals surface area contributed by atoms with Crippen molar-refractivity contribution in [3.05, 3.63) is 5.56 Å². The van der Waals surface area contributed by atoms with Crippen molar-refractivity contribution in [3.8, 4) is 5.75 Å². The molecule has 0 saturated carbocycles. The van der Waals surface area contributed by atoms with Crippen LogP contribution < -0.4 is 4.74 Å². The van der Waals surface area contributed by atoms with E-state index in [1.165, 1.54) is 24.4 Å². The Morgan fingerprint density at radius 3 is 1.94 bits per heavy atom. The van der Waals surface area contributed by atoms with Crippen LogP contribution in [0, 0.1) is 0 Å². The molecule has 0 saturated heterocycles. The van der Waals surface area contributed by atoms with Gasteiger partial charge in [-0.05, 0) is 49.4 Å². The summed E-state index contributed by atoms with van der Waals surface area (Å²) in [7, 11) is 16.6. The minimum Gasteiger partial charge on any atom is -0.494 e. The van der Waals surface area contributed by atoms with Crippen LogP contribution in [0.15, 0.2) is 0 Å². The van der Waals surface area contributed by atoms with Crippen molar-refractivity contribution in [3.63, 3.8) is 0 Å². The molecule has 0 spiro atoms. The standard InChI is InChI=1S/C9H8OS8/c1-3-4-6-8(13-15-11-6)5(10-2)9-7(4)12-16-18-17-14-9/h3H2,1-2H3. The summed E-state index contributed by atoms with van der Waals surface area (Å²) in [5.74, 6) is 1.08. The van der Waals surface area contributed by atoms with E-state index < -0.39 is 0 Å².